The first-order valence-electron chi connectivity index (χ1n) is 6.76. The minimum absolute atomic E-state index is 0.366. The fraction of sp³-hybridized carbons (Fsp3) is 0.917. The second kappa shape index (κ2) is 8.99. The van der Waals surface area contributed by atoms with Crippen molar-refractivity contribution in [3.8, 4) is 0 Å². The molecule has 0 aliphatic rings. The largest absolute Gasteiger partial charge is 0.383 e. The second-order valence-corrected chi connectivity index (χ2v) is 4.55. The Hall–Kier alpha value is -1.01. The second-order valence-electron chi connectivity index (χ2n) is 4.55. The molecule has 0 aromatic carbocycles. The van der Waals surface area contributed by atoms with Crippen LogP contribution in [0, 0.1) is 0 Å². The Kier molecular flexibility index (Phi) is 7.52. The van der Waals surface area contributed by atoms with E-state index in [1.54, 1.807) is 7.11 Å². The van der Waals surface area contributed by atoms with E-state index in [4.69, 9.17) is 4.74 Å². The molecule has 0 radical (unpaired) electrons. The molecule has 0 saturated heterocycles. The molecule has 0 saturated carbocycles. The van der Waals surface area contributed by atoms with E-state index in [-0.39, 0.29) is 0 Å². The number of rotatable bonds is 10. The van der Waals surface area contributed by atoms with Crippen molar-refractivity contribution in [1.29, 1.82) is 0 Å². The zero-order valence-electron chi connectivity index (χ0n) is 11.7. The highest BCUT2D eigenvalue weighted by molar-refractivity contribution is 4.82. The van der Waals surface area contributed by atoms with Gasteiger partial charge in [-0.05, 0) is 23.8 Å². The van der Waals surface area contributed by atoms with Gasteiger partial charge in [0.1, 0.15) is 0 Å². The number of ether oxygens (including phenoxy) is 1. The summed E-state index contributed by atoms with van der Waals surface area (Å²) in [5.41, 5.74) is 0. The molecule has 0 aliphatic carbocycles. The topological polar surface area (TPSA) is 64.9 Å². The SMILES string of the molecule is CCCCCC(C)n1nnnc1CNCCOC. The number of tetrazole rings is 1. The standard InChI is InChI=1S/C12H25N5O/c1-4-5-6-7-11(2)17-12(14-15-16-17)10-13-8-9-18-3/h11,13H,4-10H2,1-3H3. The normalized spacial score (nSPS) is 12.8. The quantitative estimate of drug-likeness (QED) is 0.643. The zero-order valence-corrected chi connectivity index (χ0v) is 11.7. The maximum atomic E-state index is 4.98. The molecule has 6 heteroatoms. The molecule has 1 N–H and O–H groups in total. The molecule has 0 fully saturated rings. The molecule has 0 aliphatic heterocycles. The van der Waals surface area contributed by atoms with Crippen LogP contribution in [0.2, 0.25) is 0 Å². The van der Waals surface area contributed by atoms with Gasteiger partial charge in [-0.3, -0.25) is 0 Å². The van der Waals surface area contributed by atoms with E-state index in [0.717, 1.165) is 18.8 Å². The van der Waals surface area contributed by atoms with Gasteiger partial charge in [0, 0.05) is 13.7 Å². The highest BCUT2D eigenvalue weighted by Crippen LogP contribution is 2.14. The lowest BCUT2D eigenvalue weighted by molar-refractivity contribution is 0.198. The van der Waals surface area contributed by atoms with Crippen LogP contribution in [0.25, 0.3) is 0 Å². The molecule has 1 unspecified atom stereocenters. The van der Waals surface area contributed by atoms with Gasteiger partial charge in [0.05, 0.1) is 19.2 Å². The lowest BCUT2D eigenvalue weighted by Gasteiger charge is -2.13. The van der Waals surface area contributed by atoms with E-state index in [1.807, 2.05) is 4.68 Å². The lowest BCUT2D eigenvalue weighted by Crippen LogP contribution is -2.22. The van der Waals surface area contributed by atoms with Gasteiger partial charge in [0.25, 0.3) is 0 Å². The van der Waals surface area contributed by atoms with Crippen LogP contribution in [0.1, 0.15) is 51.4 Å². The summed E-state index contributed by atoms with van der Waals surface area (Å²) in [4.78, 5) is 0. The number of hydrogen-bond donors (Lipinski definition) is 1. The van der Waals surface area contributed by atoms with Crippen molar-refractivity contribution in [3.63, 3.8) is 0 Å². The van der Waals surface area contributed by atoms with E-state index >= 15 is 0 Å². The number of methoxy groups -OCH3 is 1. The monoisotopic (exact) mass is 255 g/mol. The van der Waals surface area contributed by atoms with Crippen molar-refractivity contribution < 1.29 is 4.74 Å². The summed E-state index contributed by atoms with van der Waals surface area (Å²) in [6.07, 6.45) is 4.87. The fourth-order valence-corrected chi connectivity index (χ4v) is 1.86. The summed E-state index contributed by atoms with van der Waals surface area (Å²) in [5, 5.41) is 15.2. The summed E-state index contributed by atoms with van der Waals surface area (Å²) in [7, 11) is 1.70. The van der Waals surface area contributed by atoms with Crippen LogP contribution < -0.4 is 5.32 Å². The third-order valence-corrected chi connectivity index (χ3v) is 2.97. The number of aromatic nitrogens is 4. The molecule has 0 amide bonds. The van der Waals surface area contributed by atoms with Gasteiger partial charge >= 0.3 is 0 Å². The number of unbranched alkanes of at least 4 members (excludes halogenated alkanes) is 2. The third-order valence-electron chi connectivity index (χ3n) is 2.97. The maximum absolute atomic E-state index is 4.98. The van der Waals surface area contributed by atoms with E-state index in [0.29, 0.717) is 19.2 Å². The molecule has 18 heavy (non-hydrogen) atoms. The Morgan fingerprint density at radius 1 is 1.39 bits per heavy atom. The van der Waals surface area contributed by atoms with Gasteiger partial charge in [-0.15, -0.1) is 5.10 Å². The molecule has 0 bridgehead atoms. The lowest BCUT2D eigenvalue weighted by atomic mass is 10.1. The molecule has 6 nitrogen and oxygen atoms in total. The molecular weight excluding hydrogens is 230 g/mol. The zero-order chi connectivity index (χ0) is 13.2. The highest BCUT2D eigenvalue weighted by atomic mass is 16.5. The molecular formula is C12H25N5O. The van der Waals surface area contributed by atoms with E-state index in [1.165, 1.54) is 19.3 Å². The Balaban J connectivity index is 2.38. The summed E-state index contributed by atoms with van der Waals surface area (Å²) in [6, 6.07) is 0.366. The Morgan fingerprint density at radius 2 is 2.22 bits per heavy atom. The molecule has 1 aromatic rings. The van der Waals surface area contributed by atoms with Crippen LogP contribution in [0.5, 0.6) is 0 Å². The minimum Gasteiger partial charge on any atom is -0.383 e. The number of nitrogens with one attached hydrogen (secondary N) is 1. The van der Waals surface area contributed by atoms with Crippen LogP contribution in [0.3, 0.4) is 0 Å². The predicted molar refractivity (Wildman–Crippen MR) is 70.3 cm³/mol. The first-order valence-corrected chi connectivity index (χ1v) is 6.76. The van der Waals surface area contributed by atoms with Gasteiger partial charge in [-0.2, -0.15) is 0 Å². The smallest absolute Gasteiger partial charge is 0.165 e. The van der Waals surface area contributed by atoms with Gasteiger partial charge < -0.3 is 10.1 Å². The van der Waals surface area contributed by atoms with Crippen LogP contribution in [0.4, 0.5) is 0 Å². The van der Waals surface area contributed by atoms with Crippen molar-refractivity contribution in [2.75, 3.05) is 20.3 Å². The third kappa shape index (κ3) is 5.10. The Morgan fingerprint density at radius 3 is 2.94 bits per heavy atom. The molecule has 1 aromatic heterocycles. The van der Waals surface area contributed by atoms with Crippen LogP contribution in [-0.2, 0) is 11.3 Å². The van der Waals surface area contributed by atoms with Gasteiger partial charge in [0.15, 0.2) is 5.82 Å². The van der Waals surface area contributed by atoms with Crippen molar-refractivity contribution in [1.82, 2.24) is 25.5 Å². The summed E-state index contributed by atoms with van der Waals surface area (Å²) in [6.45, 7) is 6.59. The average Bonchev–Trinajstić information content (AvgIpc) is 2.83. The first-order chi connectivity index (χ1) is 8.79. The van der Waals surface area contributed by atoms with Crippen LogP contribution >= 0.6 is 0 Å². The van der Waals surface area contributed by atoms with Gasteiger partial charge in [-0.1, -0.05) is 26.2 Å². The van der Waals surface area contributed by atoms with Crippen molar-refractivity contribution in [3.05, 3.63) is 5.82 Å². The van der Waals surface area contributed by atoms with Gasteiger partial charge in [-0.25, -0.2) is 4.68 Å². The summed E-state index contributed by atoms with van der Waals surface area (Å²) < 4.78 is 6.91. The molecule has 1 rings (SSSR count). The Labute approximate surface area is 109 Å². The maximum Gasteiger partial charge on any atom is 0.165 e. The van der Waals surface area contributed by atoms with E-state index in [9.17, 15) is 0 Å². The first kappa shape index (κ1) is 15.0. The Bertz CT molecular complexity index is 315. The highest BCUT2D eigenvalue weighted by Gasteiger charge is 2.11. The molecule has 104 valence electrons. The van der Waals surface area contributed by atoms with Gasteiger partial charge in [0.2, 0.25) is 0 Å². The van der Waals surface area contributed by atoms with Crippen LogP contribution in [-0.4, -0.2) is 40.5 Å². The van der Waals surface area contributed by atoms with Crippen molar-refractivity contribution in [2.45, 2.75) is 52.1 Å². The molecule has 1 heterocycles. The number of nitrogens with zero attached hydrogens (tertiary/aromatic N) is 4. The van der Waals surface area contributed by atoms with Crippen molar-refractivity contribution in [2.24, 2.45) is 0 Å². The summed E-state index contributed by atoms with van der Waals surface area (Å²) >= 11 is 0. The fourth-order valence-electron chi connectivity index (χ4n) is 1.86. The summed E-state index contributed by atoms with van der Waals surface area (Å²) in [5.74, 6) is 0.898. The minimum atomic E-state index is 0.366. The molecule has 1 atom stereocenters. The van der Waals surface area contributed by atoms with E-state index < -0.39 is 0 Å². The number of hydrogen-bond acceptors (Lipinski definition) is 5. The van der Waals surface area contributed by atoms with E-state index in [2.05, 4.69) is 34.7 Å². The average molecular weight is 255 g/mol. The van der Waals surface area contributed by atoms with Crippen LogP contribution in [0.15, 0.2) is 0 Å². The predicted octanol–water partition coefficient (Wildman–Crippen LogP) is 1.55. The van der Waals surface area contributed by atoms with Crippen molar-refractivity contribution >= 4 is 0 Å². The molecule has 0 spiro atoms.